The topological polar surface area (TPSA) is 3.88 Å². The van der Waals surface area contributed by atoms with Crippen molar-refractivity contribution < 1.29 is 4.57 Å². The van der Waals surface area contributed by atoms with E-state index in [-0.39, 0.29) is 0 Å². The van der Waals surface area contributed by atoms with Crippen LogP contribution in [-0.2, 0) is 7.05 Å². The summed E-state index contributed by atoms with van der Waals surface area (Å²) >= 11 is 0. The van der Waals surface area contributed by atoms with E-state index in [1.807, 2.05) is 0 Å². The molecule has 21 heavy (non-hydrogen) atoms. The van der Waals surface area contributed by atoms with E-state index in [9.17, 15) is 0 Å². The van der Waals surface area contributed by atoms with Crippen LogP contribution in [0.15, 0.2) is 36.5 Å². The van der Waals surface area contributed by atoms with Crippen LogP contribution >= 0.6 is 0 Å². The third kappa shape index (κ3) is 3.02. The normalized spacial score (nSPS) is 16.1. The number of aryl methyl sites for hydroxylation is 3. The zero-order chi connectivity index (χ0) is 14.8. The molecule has 110 valence electrons. The lowest BCUT2D eigenvalue weighted by atomic mass is 9.83. The Morgan fingerprint density at radius 2 is 1.71 bits per heavy atom. The Bertz CT molecular complexity index is 636. The Labute approximate surface area is 128 Å². The summed E-state index contributed by atoms with van der Waals surface area (Å²) in [4.78, 5) is 0. The van der Waals surface area contributed by atoms with Crippen molar-refractivity contribution in [3.05, 3.63) is 53.2 Å². The highest BCUT2D eigenvalue weighted by atomic mass is 14.9. The number of benzene rings is 1. The van der Waals surface area contributed by atoms with Gasteiger partial charge in [0.1, 0.15) is 7.05 Å². The first-order valence-electron chi connectivity index (χ1n) is 8.22. The minimum atomic E-state index is 0.790. The molecule has 2 aromatic rings. The Morgan fingerprint density at radius 1 is 0.952 bits per heavy atom. The molecule has 0 amide bonds. The summed E-state index contributed by atoms with van der Waals surface area (Å²) < 4.78 is 2.22. The first-order chi connectivity index (χ1) is 10.1. The molecule has 1 aromatic carbocycles. The van der Waals surface area contributed by atoms with Crippen LogP contribution in [0.2, 0.25) is 0 Å². The van der Waals surface area contributed by atoms with Gasteiger partial charge in [-0.1, -0.05) is 31.4 Å². The molecule has 0 atom stereocenters. The SMILES string of the molecule is Cc1cc[n+](C)c(-c2ccc(C3CCCCC3)cc2C)c1. The molecule has 1 fully saturated rings. The molecule has 0 N–H and O–H groups in total. The second kappa shape index (κ2) is 6.01. The van der Waals surface area contributed by atoms with Crippen molar-refractivity contribution in [1.82, 2.24) is 0 Å². The number of nitrogens with zero attached hydrogens (tertiary/aromatic N) is 1. The molecule has 1 heterocycles. The highest BCUT2D eigenvalue weighted by molar-refractivity contribution is 5.62. The van der Waals surface area contributed by atoms with Gasteiger partial charge in [-0.25, -0.2) is 4.57 Å². The van der Waals surface area contributed by atoms with Gasteiger partial charge in [-0.15, -0.1) is 0 Å². The van der Waals surface area contributed by atoms with E-state index in [4.69, 9.17) is 0 Å². The third-order valence-corrected chi connectivity index (χ3v) is 4.91. The van der Waals surface area contributed by atoms with Crippen molar-refractivity contribution >= 4 is 0 Å². The van der Waals surface area contributed by atoms with Crippen molar-refractivity contribution in [2.75, 3.05) is 0 Å². The van der Waals surface area contributed by atoms with E-state index in [0.29, 0.717) is 0 Å². The summed E-state index contributed by atoms with van der Waals surface area (Å²) in [5.41, 5.74) is 6.94. The zero-order valence-electron chi connectivity index (χ0n) is 13.5. The van der Waals surface area contributed by atoms with E-state index in [0.717, 1.165) is 5.92 Å². The Hall–Kier alpha value is -1.63. The number of aromatic nitrogens is 1. The smallest absolute Gasteiger partial charge is 0.201 e. The molecule has 1 heteroatoms. The minimum Gasteiger partial charge on any atom is -0.201 e. The zero-order valence-corrected chi connectivity index (χ0v) is 13.5. The molecule has 0 unspecified atom stereocenters. The lowest BCUT2D eigenvalue weighted by Crippen LogP contribution is -2.30. The first kappa shape index (κ1) is 14.3. The fourth-order valence-corrected chi connectivity index (χ4v) is 3.61. The van der Waals surface area contributed by atoms with E-state index >= 15 is 0 Å². The first-order valence-corrected chi connectivity index (χ1v) is 8.22. The molecule has 1 aliphatic carbocycles. The third-order valence-electron chi connectivity index (χ3n) is 4.91. The lowest BCUT2D eigenvalue weighted by molar-refractivity contribution is -0.660. The monoisotopic (exact) mass is 280 g/mol. The Kier molecular flexibility index (Phi) is 4.10. The van der Waals surface area contributed by atoms with Crippen LogP contribution in [0.1, 0.15) is 54.7 Å². The maximum atomic E-state index is 2.42. The second-order valence-electron chi connectivity index (χ2n) is 6.61. The molecule has 0 spiro atoms. The largest absolute Gasteiger partial charge is 0.212 e. The highest BCUT2D eigenvalue weighted by Crippen LogP contribution is 2.34. The maximum absolute atomic E-state index is 2.42. The van der Waals surface area contributed by atoms with Gasteiger partial charge in [-0.3, -0.25) is 0 Å². The Balaban J connectivity index is 1.95. The summed E-state index contributed by atoms with van der Waals surface area (Å²) in [6.07, 6.45) is 9.12. The molecule has 1 aromatic heterocycles. The fraction of sp³-hybridized carbons (Fsp3) is 0.450. The molecule has 0 aliphatic heterocycles. The van der Waals surface area contributed by atoms with E-state index in [2.05, 4.69) is 62.0 Å². The molecule has 1 saturated carbocycles. The summed E-state index contributed by atoms with van der Waals surface area (Å²) in [6, 6.07) is 11.6. The van der Waals surface area contributed by atoms with Crippen LogP contribution in [0.5, 0.6) is 0 Å². The molecular weight excluding hydrogens is 254 g/mol. The molecular formula is C20H26N+. The van der Waals surface area contributed by atoms with Crippen molar-refractivity contribution in [2.24, 2.45) is 7.05 Å². The van der Waals surface area contributed by atoms with Gasteiger partial charge >= 0.3 is 0 Å². The van der Waals surface area contributed by atoms with Crippen LogP contribution in [0.3, 0.4) is 0 Å². The van der Waals surface area contributed by atoms with Crippen LogP contribution in [0.4, 0.5) is 0 Å². The van der Waals surface area contributed by atoms with Gasteiger partial charge < -0.3 is 0 Å². The van der Waals surface area contributed by atoms with Crippen molar-refractivity contribution in [1.29, 1.82) is 0 Å². The van der Waals surface area contributed by atoms with Crippen LogP contribution < -0.4 is 4.57 Å². The molecule has 0 saturated heterocycles. The van der Waals surface area contributed by atoms with Crippen molar-refractivity contribution in [3.63, 3.8) is 0 Å². The van der Waals surface area contributed by atoms with Gasteiger partial charge in [-0.05, 0) is 55.4 Å². The lowest BCUT2D eigenvalue weighted by Gasteiger charge is -2.22. The summed E-state index contributed by atoms with van der Waals surface area (Å²) in [6.45, 7) is 4.42. The standard InChI is InChI=1S/C20H26N/c1-15-11-12-21(3)20(13-15)19-10-9-18(14-16(19)2)17-7-5-4-6-8-17/h9-14,17H,4-8H2,1-3H3/q+1. The number of pyridine rings is 1. The van der Waals surface area contributed by atoms with Crippen molar-refractivity contribution in [2.45, 2.75) is 51.9 Å². The summed E-state index contributed by atoms with van der Waals surface area (Å²) in [5, 5.41) is 0. The Morgan fingerprint density at radius 3 is 2.43 bits per heavy atom. The van der Waals surface area contributed by atoms with Crippen LogP contribution in [0, 0.1) is 13.8 Å². The van der Waals surface area contributed by atoms with E-state index in [1.165, 1.54) is 54.5 Å². The summed E-state index contributed by atoms with van der Waals surface area (Å²) in [5.74, 6) is 0.790. The number of rotatable bonds is 2. The van der Waals surface area contributed by atoms with Crippen LogP contribution in [0.25, 0.3) is 11.3 Å². The fourth-order valence-electron chi connectivity index (χ4n) is 3.61. The number of hydrogen-bond acceptors (Lipinski definition) is 0. The molecule has 1 nitrogen and oxygen atoms in total. The van der Waals surface area contributed by atoms with Gasteiger partial charge in [0.15, 0.2) is 6.20 Å². The summed E-state index contributed by atoms with van der Waals surface area (Å²) in [7, 11) is 2.13. The van der Waals surface area contributed by atoms with Crippen LogP contribution in [-0.4, -0.2) is 0 Å². The maximum Gasteiger partial charge on any atom is 0.212 e. The average Bonchev–Trinajstić information content (AvgIpc) is 2.51. The molecule has 0 bridgehead atoms. The van der Waals surface area contributed by atoms with Gasteiger partial charge in [0, 0.05) is 17.7 Å². The second-order valence-corrected chi connectivity index (χ2v) is 6.61. The molecule has 0 radical (unpaired) electrons. The number of hydrogen-bond donors (Lipinski definition) is 0. The average molecular weight is 280 g/mol. The quantitative estimate of drug-likeness (QED) is 0.693. The van der Waals surface area contributed by atoms with E-state index in [1.54, 1.807) is 5.56 Å². The van der Waals surface area contributed by atoms with E-state index < -0.39 is 0 Å². The molecule has 3 rings (SSSR count). The minimum absolute atomic E-state index is 0.790. The van der Waals surface area contributed by atoms with Gasteiger partial charge in [0.2, 0.25) is 5.69 Å². The van der Waals surface area contributed by atoms with Gasteiger partial charge in [0.25, 0.3) is 0 Å². The van der Waals surface area contributed by atoms with Crippen molar-refractivity contribution in [3.8, 4) is 11.3 Å². The predicted molar refractivity (Wildman–Crippen MR) is 88.4 cm³/mol. The van der Waals surface area contributed by atoms with Gasteiger partial charge in [-0.2, -0.15) is 0 Å². The molecule has 1 aliphatic rings. The predicted octanol–water partition coefficient (Wildman–Crippen LogP) is 4.84. The van der Waals surface area contributed by atoms with Gasteiger partial charge in [0.05, 0.1) is 0 Å². The highest BCUT2D eigenvalue weighted by Gasteiger charge is 2.18.